The quantitative estimate of drug-likeness (QED) is 0.341. The molecule has 0 spiro atoms. The van der Waals surface area contributed by atoms with Gasteiger partial charge in [-0.2, -0.15) is 0 Å². The maximum atomic E-state index is 12.8. The van der Waals surface area contributed by atoms with Gasteiger partial charge in [0.25, 0.3) is 5.56 Å². The monoisotopic (exact) mass is 405 g/mol. The highest BCUT2D eigenvalue weighted by Crippen LogP contribution is 2.25. The van der Waals surface area contributed by atoms with Crippen LogP contribution in [0.5, 0.6) is 0 Å². The summed E-state index contributed by atoms with van der Waals surface area (Å²) in [6.45, 7) is 6.62. The van der Waals surface area contributed by atoms with E-state index in [1.165, 1.54) is 27.7 Å². The van der Waals surface area contributed by atoms with Crippen molar-refractivity contribution in [2.75, 3.05) is 19.5 Å². The summed E-state index contributed by atoms with van der Waals surface area (Å²) in [7, 11) is 3.37. The van der Waals surface area contributed by atoms with E-state index >= 15 is 0 Å². The smallest absolute Gasteiger partial charge is 0.262 e. The van der Waals surface area contributed by atoms with Crippen LogP contribution in [0.15, 0.2) is 27.5 Å². The first-order valence-corrected chi connectivity index (χ1v) is 10.5. The summed E-state index contributed by atoms with van der Waals surface area (Å²) in [6.07, 6.45) is 0. The van der Waals surface area contributed by atoms with Gasteiger partial charge in [0.15, 0.2) is 10.9 Å². The number of carbonyl (C=O) groups is 1. The summed E-state index contributed by atoms with van der Waals surface area (Å²) in [6, 6.07) is 3.87. The van der Waals surface area contributed by atoms with E-state index in [1.54, 1.807) is 20.2 Å². The molecular weight excluding hydrogens is 382 g/mol. The molecule has 0 N–H and O–H groups in total. The average molecular weight is 406 g/mol. The number of methoxy groups -OCH3 is 1. The van der Waals surface area contributed by atoms with Gasteiger partial charge in [-0.25, -0.2) is 4.98 Å². The number of thioether (sulfide) groups is 1. The predicted octanol–water partition coefficient (Wildman–Crippen LogP) is 3.60. The third kappa shape index (κ3) is 3.74. The van der Waals surface area contributed by atoms with Gasteiger partial charge < -0.3 is 9.30 Å². The number of nitrogens with zero attached hydrogens (tertiary/aromatic N) is 3. The normalized spacial score (nSPS) is 12.6. The molecule has 0 saturated heterocycles. The number of aromatic nitrogens is 3. The Kier molecular flexibility index (Phi) is 5.88. The van der Waals surface area contributed by atoms with Gasteiger partial charge >= 0.3 is 0 Å². The van der Waals surface area contributed by atoms with Crippen molar-refractivity contribution in [3.63, 3.8) is 0 Å². The minimum atomic E-state index is -0.0808. The fourth-order valence-electron chi connectivity index (χ4n) is 3.37. The second kappa shape index (κ2) is 8.00. The van der Waals surface area contributed by atoms with E-state index in [2.05, 4.69) is 16.5 Å². The molecule has 3 aromatic rings. The van der Waals surface area contributed by atoms with Crippen LogP contribution in [-0.2, 0) is 11.8 Å². The lowest BCUT2D eigenvalue weighted by molar-refractivity contribution is 0.102. The fourth-order valence-corrected chi connectivity index (χ4v) is 5.03. The number of ketones is 1. The van der Waals surface area contributed by atoms with Gasteiger partial charge in [-0.05, 0) is 38.3 Å². The molecule has 0 amide bonds. The molecule has 0 radical (unpaired) electrons. The van der Waals surface area contributed by atoms with Gasteiger partial charge in [0.05, 0.1) is 23.8 Å². The number of aryl methyl sites for hydroxylation is 1. The lowest BCUT2D eigenvalue weighted by Crippen LogP contribution is -2.19. The molecule has 3 heterocycles. The van der Waals surface area contributed by atoms with Crippen molar-refractivity contribution in [1.29, 1.82) is 0 Å². The zero-order valence-electron chi connectivity index (χ0n) is 16.1. The first kappa shape index (κ1) is 19.9. The molecule has 0 aliphatic rings. The van der Waals surface area contributed by atoms with E-state index in [0.717, 1.165) is 11.4 Å². The molecule has 0 aliphatic carbocycles. The molecule has 1 unspecified atom stereocenters. The number of Topliss-reactive ketones (excluding diaryl/α,β-unsaturated/α-hetero) is 1. The Labute approximate surface area is 166 Å². The van der Waals surface area contributed by atoms with Crippen molar-refractivity contribution in [1.82, 2.24) is 14.1 Å². The number of ether oxygens (including phenoxy) is 1. The molecule has 1 atom stereocenters. The van der Waals surface area contributed by atoms with E-state index in [9.17, 15) is 9.59 Å². The standard InChI is InChI=1S/C19H23N3O3S2/c1-11-8-15(13(3)22(11)12(2)9-25-5)16(23)10-27-19-20-17-14(6-7-26-17)18(24)21(19)4/h6-8,12H,9-10H2,1-5H3. The van der Waals surface area contributed by atoms with Gasteiger partial charge in [0.1, 0.15) is 4.83 Å². The maximum Gasteiger partial charge on any atom is 0.262 e. The Morgan fingerprint density at radius 1 is 1.41 bits per heavy atom. The van der Waals surface area contributed by atoms with Crippen LogP contribution in [0.3, 0.4) is 0 Å². The minimum Gasteiger partial charge on any atom is -0.383 e. The average Bonchev–Trinajstić information content (AvgIpc) is 3.21. The van der Waals surface area contributed by atoms with Crippen LogP contribution in [0.25, 0.3) is 10.2 Å². The highest BCUT2D eigenvalue weighted by atomic mass is 32.2. The lowest BCUT2D eigenvalue weighted by atomic mass is 10.2. The summed E-state index contributed by atoms with van der Waals surface area (Å²) in [5.74, 6) is 0.268. The molecule has 3 rings (SSSR count). The van der Waals surface area contributed by atoms with Crippen molar-refractivity contribution in [2.24, 2.45) is 7.05 Å². The van der Waals surface area contributed by atoms with Gasteiger partial charge in [0.2, 0.25) is 0 Å². The van der Waals surface area contributed by atoms with Crippen LogP contribution in [-0.4, -0.2) is 39.4 Å². The first-order chi connectivity index (χ1) is 12.8. The molecule has 144 valence electrons. The second-order valence-electron chi connectivity index (χ2n) is 6.57. The number of hydrogen-bond acceptors (Lipinski definition) is 6. The number of fused-ring (bicyclic) bond motifs is 1. The molecule has 3 aromatic heterocycles. The Hall–Kier alpha value is -1.90. The Bertz CT molecular complexity index is 1050. The van der Waals surface area contributed by atoms with Crippen molar-refractivity contribution in [2.45, 2.75) is 32.0 Å². The first-order valence-electron chi connectivity index (χ1n) is 8.62. The van der Waals surface area contributed by atoms with Gasteiger partial charge in [0, 0.05) is 31.1 Å². The van der Waals surface area contributed by atoms with Crippen LogP contribution >= 0.6 is 23.1 Å². The van der Waals surface area contributed by atoms with E-state index in [4.69, 9.17) is 4.74 Å². The highest BCUT2D eigenvalue weighted by Gasteiger charge is 2.20. The molecule has 0 bridgehead atoms. The fraction of sp³-hybridized carbons (Fsp3) is 0.421. The van der Waals surface area contributed by atoms with Crippen LogP contribution in [0.2, 0.25) is 0 Å². The highest BCUT2D eigenvalue weighted by molar-refractivity contribution is 7.99. The molecule has 0 fully saturated rings. The maximum absolute atomic E-state index is 12.8. The molecule has 27 heavy (non-hydrogen) atoms. The minimum absolute atomic E-state index is 0.0319. The van der Waals surface area contributed by atoms with Crippen LogP contribution in [0.1, 0.15) is 34.7 Å². The van der Waals surface area contributed by atoms with Crippen molar-refractivity contribution >= 4 is 39.1 Å². The summed E-state index contributed by atoms with van der Waals surface area (Å²) in [5, 5.41) is 3.04. The SMILES string of the molecule is COCC(C)n1c(C)cc(C(=O)CSc2nc3sccc3c(=O)n2C)c1C. The number of rotatable bonds is 7. The van der Waals surface area contributed by atoms with E-state index < -0.39 is 0 Å². The molecule has 0 aliphatic heterocycles. The van der Waals surface area contributed by atoms with Crippen molar-refractivity contribution in [3.8, 4) is 0 Å². The predicted molar refractivity (Wildman–Crippen MR) is 110 cm³/mol. The third-order valence-electron chi connectivity index (χ3n) is 4.63. The summed E-state index contributed by atoms with van der Waals surface area (Å²) in [4.78, 5) is 30.4. The third-order valence-corrected chi connectivity index (χ3v) is 6.47. The van der Waals surface area contributed by atoms with Crippen molar-refractivity contribution in [3.05, 3.63) is 44.8 Å². The van der Waals surface area contributed by atoms with E-state index in [1.807, 2.05) is 25.3 Å². The Balaban J connectivity index is 1.82. The Morgan fingerprint density at radius 3 is 2.85 bits per heavy atom. The summed E-state index contributed by atoms with van der Waals surface area (Å²) < 4.78 is 8.89. The van der Waals surface area contributed by atoms with Crippen LogP contribution in [0.4, 0.5) is 0 Å². The molecule has 8 heteroatoms. The van der Waals surface area contributed by atoms with E-state index in [-0.39, 0.29) is 23.1 Å². The molecule has 0 aromatic carbocycles. The van der Waals surface area contributed by atoms with Gasteiger partial charge in [-0.15, -0.1) is 11.3 Å². The Morgan fingerprint density at radius 2 is 2.15 bits per heavy atom. The summed E-state index contributed by atoms with van der Waals surface area (Å²) >= 11 is 2.73. The van der Waals surface area contributed by atoms with Gasteiger partial charge in [-0.3, -0.25) is 14.2 Å². The van der Waals surface area contributed by atoms with Gasteiger partial charge in [-0.1, -0.05) is 11.8 Å². The molecule has 0 saturated carbocycles. The topological polar surface area (TPSA) is 66.1 Å². The number of hydrogen-bond donors (Lipinski definition) is 0. The largest absolute Gasteiger partial charge is 0.383 e. The zero-order valence-corrected chi connectivity index (χ0v) is 17.7. The van der Waals surface area contributed by atoms with Crippen LogP contribution in [0, 0.1) is 13.8 Å². The number of thiophene rings is 1. The zero-order chi connectivity index (χ0) is 19.7. The second-order valence-corrected chi connectivity index (χ2v) is 8.41. The number of carbonyl (C=O) groups excluding carboxylic acids is 1. The van der Waals surface area contributed by atoms with Crippen LogP contribution < -0.4 is 5.56 Å². The lowest BCUT2D eigenvalue weighted by Gasteiger charge is -2.17. The van der Waals surface area contributed by atoms with Crippen molar-refractivity contribution < 1.29 is 9.53 Å². The molecule has 6 nitrogen and oxygen atoms in total. The van der Waals surface area contributed by atoms with E-state index in [0.29, 0.717) is 27.5 Å². The summed E-state index contributed by atoms with van der Waals surface area (Å²) in [5.41, 5.74) is 2.61. The molecular formula is C19H23N3O3S2.